The van der Waals surface area contributed by atoms with Crippen LogP contribution < -0.4 is 16.1 Å². The largest absolute Gasteiger partial charge is 0.351 e. The summed E-state index contributed by atoms with van der Waals surface area (Å²) < 4.78 is 0. The SMILES string of the molecule is NC(=O)N1c2ccccc2CC(=NNc2ccc([N+](=O)[O-])cc2[N+](=O)[O-])c2ccccc21. The summed E-state index contributed by atoms with van der Waals surface area (Å²) in [6, 6.07) is 16.8. The van der Waals surface area contributed by atoms with Gasteiger partial charge in [-0.2, -0.15) is 5.10 Å². The molecular weight excluding hydrogens is 416 g/mol. The van der Waals surface area contributed by atoms with Crippen molar-refractivity contribution >= 4 is 40.2 Å². The zero-order valence-corrected chi connectivity index (χ0v) is 16.5. The van der Waals surface area contributed by atoms with Crippen molar-refractivity contribution in [2.75, 3.05) is 10.3 Å². The summed E-state index contributed by atoms with van der Waals surface area (Å²) >= 11 is 0. The topological polar surface area (TPSA) is 157 Å². The Labute approximate surface area is 181 Å². The maximum absolute atomic E-state index is 12.3. The molecule has 0 radical (unpaired) electrons. The number of primary amides is 1. The van der Waals surface area contributed by atoms with Gasteiger partial charge in [-0.1, -0.05) is 36.4 Å². The average Bonchev–Trinajstić information content (AvgIpc) is 2.91. The number of benzene rings is 3. The molecule has 11 heteroatoms. The zero-order valence-electron chi connectivity index (χ0n) is 16.5. The minimum Gasteiger partial charge on any atom is -0.351 e. The van der Waals surface area contributed by atoms with E-state index in [1.165, 1.54) is 11.0 Å². The molecule has 1 aliphatic heterocycles. The summed E-state index contributed by atoms with van der Waals surface area (Å²) in [4.78, 5) is 34.6. The van der Waals surface area contributed by atoms with E-state index in [1.807, 2.05) is 12.1 Å². The van der Waals surface area contributed by atoms with E-state index in [4.69, 9.17) is 5.73 Å². The third-order valence-electron chi connectivity index (χ3n) is 4.97. The first kappa shape index (κ1) is 20.5. The molecule has 0 atom stereocenters. The minimum absolute atomic E-state index is 0.00475. The number of carbonyl (C=O) groups is 1. The maximum Gasteiger partial charge on any atom is 0.323 e. The number of nitrogens with one attached hydrogen (secondary N) is 1. The Morgan fingerprint density at radius 1 is 0.969 bits per heavy atom. The molecule has 11 nitrogen and oxygen atoms in total. The number of nitro benzene ring substituents is 2. The third-order valence-corrected chi connectivity index (χ3v) is 4.97. The zero-order chi connectivity index (χ0) is 22.8. The van der Waals surface area contributed by atoms with Crippen LogP contribution in [0.2, 0.25) is 0 Å². The molecule has 1 heterocycles. The summed E-state index contributed by atoms with van der Waals surface area (Å²) in [5.41, 5.74) is 10.5. The predicted octanol–water partition coefficient (Wildman–Crippen LogP) is 4.09. The van der Waals surface area contributed by atoms with Gasteiger partial charge in [0.05, 0.1) is 33.0 Å². The maximum atomic E-state index is 12.3. The van der Waals surface area contributed by atoms with E-state index >= 15 is 0 Å². The highest BCUT2D eigenvalue weighted by Crippen LogP contribution is 2.36. The number of non-ortho nitro benzene ring substituents is 1. The molecule has 0 saturated heterocycles. The molecule has 0 spiro atoms. The van der Waals surface area contributed by atoms with Gasteiger partial charge in [-0.25, -0.2) is 4.79 Å². The van der Waals surface area contributed by atoms with Crippen molar-refractivity contribution < 1.29 is 14.6 Å². The van der Waals surface area contributed by atoms with E-state index < -0.39 is 27.3 Å². The molecular formula is C21H16N6O5. The lowest BCUT2D eigenvalue weighted by molar-refractivity contribution is -0.393. The van der Waals surface area contributed by atoms with Gasteiger partial charge in [-0.3, -0.25) is 30.6 Å². The van der Waals surface area contributed by atoms with Crippen molar-refractivity contribution in [2.24, 2.45) is 10.8 Å². The summed E-state index contributed by atoms with van der Waals surface area (Å²) in [6.07, 6.45) is 0.310. The average molecular weight is 432 g/mol. The molecule has 0 bridgehead atoms. The van der Waals surface area contributed by atoms with Gasteiger partial charge in [-0.05, 0) is 23.8 Å². The van der Waals surface area contributed by atoms with Crippen molar-refractivity contribution in [3.05, 3.63) is 98.1 Å². The standard InChI is InChI=1S/C21H16N6O5/c22-21(28)25-18-7-3-1-5-13(18)11-17(15-6-2-4-8-19(15)25)24-23-16-10-9-14(26(29)30)12-20(16)27(31)32/h1-10,12,23H,11H2,(H2,22,28). The Morgan fingerprint density at radius 2 is 1.66 bits per heavy atom. The van der Waals surface area contributed by atoms with Crippen molar-refractivity contribution in [1.29, 1.82) is 0 Å². The molecule has 0 unspecified atom stereocenters. The van der Waals surface area contributed by atoms with E-state index in [0.29, 0.717) is 29.1 Å². The van der Waals surface area contributed by atoms with Crippen LogP contribution >= 0.6 is 0 Å². The Morgan fingerprint density at radius 3 is 2.34 bits per heavy atom. The van der Waals surface area contributed by atoms with Gasteiger partial charge < -0.3 is 5.73 Å². The van der Waals surface area contributed by atoms with Crippen LogP contribution in [0.4, 0.5) is 33.2 Å². The summed E-state index contributed by atoms with van der Waals surface area (Å²) in [5, 5.41) is 26.8. The van der Waals surface area contributed by atoms with E-state index in [0.717, 1.165) is 17.7 Å². The molecule has 160 valence electrons. The van der Waals surface area contributed by atoms with Gasteiger partial charge in [0, 0.05) is 18.1 Å². The first-order valence-corrected chi connectivity index (χ1v) is 9.39. The van der Waals surface area contributed by atoms with Crippen LogP contribution in [0.15, 0.2) is 71.8 Å². The Hall–Kier alpha value is -4.80. The highest BCUT2D eigenvalue weighted by Gasteiger charge is 2.27. The molecule has 0 aliphatic carbocycles. The van der Waals surface area contributed by atoms with E-state index in [-0.39, 0.29) is 5.69 Å². The lowest BCUT2D eigenvalue weighted by Gasteiger charge is -2.22. The second-order valence-corrected chi connectivity index (χ2v) is 6.88. The Bertz CT molecular complexity index is 1290. The van der Waals surface area contributed by atoms with Crippen LogP contribution in [0, 0.1) is 20.2 Å². The summed E-state index contributed by atoms with van der Waals surface area (Å²) in [7, 11) is 0. The Kier molecular flexibility index (Phi) is 5.21. The molecule has 1 aliphatic rings. The van der Waals surface area contributed by atoms with Crippen LogP contribution in [0.5, 0.6) is 0 Å². The van der Waals surface area contributed by atoms with Gasteiger partial charge in [0.15, 0.2) is 0 Å². The number of nitrogens with two attached hydrogens (primary N) is 1. The molecule has 32 heavy (non-hydrogen) atoms. The summed E-state index contributed by atoms with van der Waals surface area (Å²) in [5.74, 6) is 0. The fraction of sp³-hybridized carbons (Fsp3) is 0.0476. The van der Waals surface area contributed by atoms with Crippen molar-refractivity contribution in [2.45, 2.75) is 6.42 Å². The number of carbonyl (C=O) groups excluding carboxylic acids is 1. The van der Waals surface area contributed by atoms with Crippen LogP contribution in [-0.2, 0) is 6.42 Å². The molecule has 4 rings (SSSR count). The summed E-state index contributed by atoms with van der Waals surface area (Å²) in [6.45, 7) is 0. The van der Waals surface area contributed by atoms with Gasteiger partial charge in [-0.15, -0.1) is 0 Å². The van der Waals surface area contributed by atoms with Crippen molar-refractivity contribution in [3.63, 3.8) is 0 Å². The molecule has 0 saturated carbocycles. The van der Waals surface area contributed by atoms with Gasteiger partial charge >= 0.3 is 11.7 Å². The van der Waals surface area contributed by atoms with Crippen LogP contribution in [0.25, 0.3) is 0 Å². The van der Waals surface area contributed by atoms with Crippen LogP contribution in [0.1, 0.15) is 11.1 Å². The third kappa shape index (κ3) is 3.69. The minimum atomic E-state index is -0.722. The number of urea groups is 1. The highest BCUT2D eigenvalue weighted by atomic mass is 16.6. The lowest BCUT2D eigenvalue weighted by atomic mass is 10.0. The molecule has 3 N–H and O–H groups in total. The molecule has 3 aromatic rings. The first-order chi connectivity index (χ1) is 15.4. The predicted molar refractivity (Wildman–Crippen MR) is 118 cm³/mol. The second-order valence-electron chi connectivity index (χ2n) is 6.88. The van der Waals surface area contributed by atoms with E-state index in [2.05, 4.69) is 10.5 Å². The number of nitrogens with zero attached hydrogens (tertiary/aromatic N) is 4. The first-order valence-electron chi connectivity index (χ1n) is 9.39. The fourth-order valence-corrected chi connectivity index (χ4v) is 3.54. The number of rotatable bonds is 4. The highest BCUT2D eigenvalue weighted by molar-refractivity contribution is 6.14. The number of hydrogen-bond donors (Lipinski definition) is 2. The van der Waals surface area contributed by atoms with Crippen molar-refractivity contribution in [1.82, 2.24) is 0 Å². The number of fused-ring (bicyclic) bond motifs is 2. The fourth-order valence-electron chi connectivity index (χ4n) is 3.54. The monoisotopic (exact) mass is 432 g/mol. The lowest BCUT2D eigenvalue weighted by Crippen LogP contribution is -2.32. The quantitative estimate of drug-likeness (QED) is 0.467. The van der Waals surface area contributed by atoms with Gasteiger partial charge in [0.1, 0.15) is 5.69 Å². The second kappa shape index (κ2) is 8.14. The van der Waals surface area contributed by atoms with E-state index in [1.54, 1.807) is 36.4 Å². The van der Waals surface area contributed by atoms with Crippen LogP contribution in [0.3, 0.4) is 0 Å². The number of nitro groups is 2. The molecule has 0 fully saturated rings. The molecule has 3 aromatic carbocycles. The number of hydrogen-bond acceptors (Lipinski definition) is 7. The molecule has 0 aromatic heterocycles. The van der Waals surface area contributed by atoms with Crippen molar-refractivity contribution in [3.8, 4) is 0 Å². The van der Waals surface area contributed by atoms with Crippen LogP contribution in [-0.4, -0.2) is 21.6 Å². The smallest absolute Gasteiger partial charge is 0.323 e. The number of hydrazone groups is 1. The number of anilines is 3. The van der Waals surface area contributed by atoms with Gasteiger partial charge in [0.25, 0.3) is 5.69 Å². The van der Waals surface area contributed by atoms with Gasteiger partial charge in [0.2, 0.25) is 0 Å². The number of para-hydroxylation sites is 2. The number of amides is 2. The normalized spacial score (nSPS) is 13.6. The Balaban J connectivity index is 1.82. The molecule has 2 amide bonds. The van der Waals surface area contributed by atoms with E-state index in [9.17, 15) is 25.0 Å².